The molecule has 1 unspecified atom stereocenters. The third-order valence-electron chi connectivity index (χ3n) is 5.80. The van der Waals surface area contributed by atoms with Gasteiger partial charge in [0.15, 0.2) is 11.5 Å². The number of ether oxygens (including phenoxy) is 3. The molecule has 8 nitrogen and oxygen atoms in total. The van der Waals surface area contributed by atoms with Crippen molar-refractivity contribution in [2.45, 2.75) is 19.9 Å². The molecule has 1 atom stereocenters. The number of carbonyl (C=O) groups excluding carboxylic acids is 2. The van der Waals surface area contributed by atoms with Crippen molar-refractivity contribution in [1.29, 1.82) is 0 Å². The summed E-state index contributed by atoms with van der Waals surface area (Å²) in [5.74, 6) is -0.507. The topological polar surface area (TPSA) is 106 Å². The van der Waals surface area contributed by atoms with E-state index in [9.17, 15) is 19.8 Å². The Kier molecular flexibility index (Phi) is 7.15. The van der Waals surface area contributed by atoms with Gasteiger partial charge in [-0.25, -0.2) is 0 Å². The zero-order valence-corrected chi connectivity index (χ0v) is 20.2. The molecular formula is C28H27NO7. The fourth-order valence-electron chi connectivity index (χ4n) is 4.19. The van der Waals surface area contributed by atoms with E-state index < -0.39 is 17.7 Å². The van der Waals surface area contributed by atoms with Gasteiger partial charge < -0.3 is 24.4 Å². The summed E-state index contributed by atoms with van der Waals surface area (Å²) >= 11 is 0. The van der Waals surface area contributed by atoms with E-state index >= 15 is 0 Å². The lowest BCUT2D eigenvalue weighted by Crippen LogP contribution is -2.29. The molecule has 0 spiro atoms. The molecule has 1 saturated heterocycles. The molecule has 0 radical (unpaired) electrons. The SMILES string of the molecule is CCOc1ccc(N2C(=O)C(=O)/C(=C(/O)c3cccc(OC)c3)C2c2ccc(O)cc2)cc1OCC. The lowest BCUT2D eigenvalue weighted by Gasteiger charge is -2.26. The van der Waals surface area contributed by atoms with Gasteiger partial charge in [-0.05, 0) is 55.8 Å². The van der Waals surface area contributed by atoms with Gasteiger partial charge in [0, 0.05) is 17.3 Å². The molecule has 1 amide bonds. The first-order valence-corrected chi connectivity index (χ1v) is 11.5. The first-order chi connectivity index (χ1) is 17.4. The summed E-state index contributed by atoms with van der Waals surface area (Å²) in [6.45, 7) is 4.49. The maximum absolute atomic E-state index is 13.4. The molecule has 0 saturated carbocycles. The summed E-state index contributed by atoms with van der Waals surface area (Å²) in [5, 5.41) is 21.1. The third-order valence-corrected chi connectivity index (χ3v) is 5.80. The predicted octanol–water partition coefficient (Wildman–Crippen LogP) is 4.82. The van der Waals surface area contributed by atoms with Gasteiger partial charge in [0.25, 0.3) is 11.7 Å². The molecule has 3 aromatic rings. The van der Waals surface area contributed by atoms with Crippen LogP contribution in [0.1, 0.15) is 31.0 Å². The van der Waals surface area contributed by atoms with E-state index in [-0.39, 0.29) is 17.1 Å². The smallest absolute Gasteiger partial charge is 0.300 e. The van der Waals surface area contributed by atoms with E-state index in [0.717, 1.165) is 0 Å². The quantitative estimate of drug-likeness (QED) is 0.265. The van der Waals surface area contributed by atoms with Gasteiger partial charge in [0.2, 0.25) is 0 Å². The van der Waals surface area contributed by atoms with E-state index in [2.05, 4.69) is 0 Å². The molecule has 1 heterocycles. The van der Waals surface area contributed by atoms with Crippen molar-refractivity contribution in [3.05, 3.63) is 83.4 Å². The van der Waals surface area contributed by atoms with Crippen molar-refractivity contribution in [1.82, 2.24) is 0 Å². The minimum atomic E-state index is -0.954. The number of carbonyl (C=O) groups is 2. The Morgan fingerprint density at radius 2 is 1.61 bits per heavy atom. The Morgan fingerprint density at radius 1 is 0.917 bits per heavy atom. The summed E-state index contributed by atoms with van der Waals surface area (Å²) in [6, 6.07) is 16.8. The average Bonchev–Trinajstić information content (AvgIpc) is 3.15. The van der Waals surface area contributed by atoms with Crippen LogP contribution in [0, 0.1) is 0 Å². The number of benzene rings is 3. The van der Waals surface area contributed by atoms with Crippen LogP contribution in [-0.2, 0) is 9.59 Å². The molecule has 0 aliphatic carbocycles. The maximum atomic E-state index is 13.4. The number of methoxy groups -OCH3 is 1. The van der Waals surface area contributed by atoms with Crippen LogP contribution in [0.5, 0.6) is 23.0 Å². The number of ketones is 1. The zero-order chi connectivity index (χ0) is 25.8. The van der Waals surface area contributed by atoms with Crippen LogP contribution in [0.2, 0.25) is 0 Å². The van der Waals surface area contributed by atoms with Crippen molar-refractivity contribution in [3.63, 3.8) is 0 Å². The molecule has 0 aromatic heterocycles. The highest BCUT2D eigenvalue weighted by Crippen LogP contribution is 2.44. The van der Waals surface area contributed by atoms with Crippen molar-refractivity contribution in [2.75, 3.05) is 25.2 Å². The Morgan fingerprint density at radius 3 is 2.28 bits per heavy atom. The number of phenolic OH excluding ortho intramolecular Hbond substituents is 1. The number of nitrogens with zero attached hydrogens (tertiary/aromatic N) is 1. The number of aromatic hydroxyl groups is 1. The van der Waals surface area contributed by atoms with E-state index in [4.69, 9.17) is 14.2 Å². The highest BCUT2D eigenvalue weighted by atomic mass is 16.5. The Bertz CT molecular complexity index is 1310. The minimum absolute atomic E-state index is 0.0307. The fourth-order valence-corrected chi connectivity index (χ4v) is 4.19. The molecular weight excluding hydrogens is 462 g/mol. The highest BCUT2D eigenvalue weighted by Gasteiger charge is 2.47. The van der Waals surface area contributed by atoms with Gasteiger partial charge >= 0.3 is 0 Å². The summed E-state index contributed by atoms with van der Waals surface area (Å²) in [7, 11) is 1.50. The summed E-state index contributed by atoms with van der Waals surface area (Å²) in [4.78, 5) is 28.1. The lowest BCUT2D eigenvalue weighted by atomic mass is 9.95. The first kappa shape index (κ1) is 24.7. The molecule has 186 valence electrons. The summed E-state index contributed by atoms with van der Waals surface area (Å²) < 4.78 is 16.6. The summed E-state index contributed by atoms with van der Waals surface area (Å²) in [5.41, 5.74) is 1.18. The second-order valence-corrected chi connectivity index (χ2v) is 7.99. The van der Waals surface area contributed by atoms with Crippen molar-refractivity contribution in [2.24, 2.45) is 0 Å². The van der Waals surface area contributed by atoms with Crippen LogP contribution < -0.4 is 19.1 Å². The number of phenols is 1. The highest BCUT2D eigenvalue weighted by molar-refractivity contribution is 6.51. The lowest BCUT2D eigenvalue weighted by molar-refractivity contribution is -0.132. The van der Waals surface area contributed by atoms with Crippen LogP contribution in [0.3, 0.4) is 0 Å². The zero-order valence-electron chi connectivity index (χ0n) is 20.2. The number of hydrogen-bond donors (Lipinski definition) is 2. The van der Waals surface area contributed by atoms with Crippen LogP contribution in [-0.4, -0.2) is 42.2 Å². The molecule has 4 rings (SSSR count). The monoisotopic (exact) mass is 489 g/mol. The molecule has 36 heavy (non-hydrogen) atoms. The molecule has 1 aliphatic rings. The number of amides is 1. The maximum Gasteiger partial charge on any atom is 0.300 e. The van der Waals surface area contributed by atoms with Crippen LogP contribution >= 0.6 is 0 Å². The van der Waals surface area contributed by atoms with Crippen molar-refractivity contribution < 1.29 is 34.0 Å². The number of Topliss-reactive ketones (excluding diaryl/α,β-unsaturated/α-hetero) is 1. The van der Waals surface area contributed by atoms with Crippen molar-refractivity contribution in [3.8, 4) is 23.0 Å². The van der Waals surface area contributed by atoms with Gasteiger partial charge in [-0.15, -0.1) is 0 Å². The molecule has 1 aliphatic heterocycles. The summed E-state index contributed by atoms with van der Waals surface area (Å²) in [6.07, 6.45) is 0. The molecule has 1 fully saturated rings. The van der Waals surface area contributed by atoms with Crippen LogP contribution in [0.15, 0.2) is 72.3 Å². The predicted molar refractivity (Wildman–Crippen MR) is 135 cm³/mol. The van der Waals surface area contributed by atoms with Gasteiger partial charge in [-0.3, -0.25) is 14.5 Å². The van der Waals surface area contributed by atoms with Gasteiger partial charge in [0.1, 0.15) is 17.3 Å². The molecule has 0 bridgehead atoms. The average molecular weight is 490 g/mol. The first-order valence-electron chi connectivity index (χ1n) is 11.5. The number of rotatable bonds is 8. The van der Waals surface area contributed by atoms with Crippen LogP contribution in [0.4, 0.5) is 5.69 Å². The Balaban J connectivity index is 1.92. The van der Waals surface area contributed by atoms with Crippen LogP contribution in [0.25, 0.3) is 5.76 Å². The molecule has 8 heteroatoms. The number of aliphatic hydroxyl groups is 1. The fraction of sp³-hybridized carbons (Fsp3) is 0.214. The normalized spacial score (nSPS) is 16.8. The second kappa shape index (κ2) is 10.4. The Hall–Kier alpha value is -4.46. The van der Waals surface area contributed by atoms with E-state index in [1.807, 2.05) is 13.8 Å². The number of aliphatic hydroxyl groups excluding tert-OH is 1. The molecule has 2 N–H and O–H groups in total. The van der Waals surface area contributed by atoms with E-state index in [0.29, 0.717) is 47.3 Å². The van der Waals surface area contributed by atoms with E-state index in [1.165, 1.54) is 24.1 Å². The minimum Gasteiger partial charge on any atom is -0.508 e. The largest absolute Gasteiger partial charge is 0.508 e. The van der Waals surface area contributed by atoms with Gasteiger partial charge in [0.05, 0.1) is 31.9 Å². The van der Waals surface area contributed by atoms with Crippen molar-refractivity contribution >= 4 is 23.1 Å². The third kappa shape index (κ3) is 4.57. The second-order valence-electron chi connectivity index (χ2n) is 7.99. The standard InChI is InChI=1S/C28H27NO7/c1-4-35-22-14-11-19(16-23(22)36-5-2)29-25(17-9-12-20(30)13-10-17)24(27(32)28(29)33)26(31)18-7-6-8-21(15-18)34-3/h6-16,25,30-31H,4-5H2,1-3H3/b26-24+. The van der Waals surface area contributed by atoms with E-state index in [1.54, 1.807) is 54.6 Å². The molecule has 3 aromatic carbocycles. The Labute approximate surface area is 209 Å². The number of hydrogen-bond acceptors (Lipinski definition) is 7. The number of anilines is 1. The van der Waals surface area contributed by atoms with Gasteiger partial charge in [-0.2, -0.15) is 0 Å². The van der Waals surface area contributed by atoms with Gasteiger partial charge in [-0.1, -0.05) is 24.3 Å².